The average molecular weight is 282 g/mol. The van der Waals surface area contributed by atoms with Crippen molar-refractivity contribution in [2.45, 2.75) is 91.6 Å². The highest BCUT2D eigenvalue weighted by Gasteiger charge is 2.50. The molecule has 1 fully saturated rings. The van der Waals surface area contributed by atoms with E-state index in [1.807, 2.05) is 0 Å². The largest absolute Gasteiger partial charge is 0.390 e. The SMILES string of the molecule is CCC(O)(CC)CCC[C@@H]1CCC(C)(CC=O)C1(C)C. The molecule has 0 aliphatic heterocycles. The first kappa shape index (κ1) is 17.7. The summed E-state index contributed by atoms with van der Waals surface area (Å²) in [7, 11) is 0. The summed E-state index contributed by atoms with van der Waals surface area (Å²) in [5.41, 5.74) is -0.0788. The molecule has 0 aromatic rings. The predicted octanol–water partition coefficient (Wildman–Crippen LogP) is 4.74. The standard InChI is InChI=1S/C18H34O2/c1-6-18(20,7-2)11-8-9-15-10-12-17(5,13-14-19)16(15,3)4/h14-15,20H,6-13H2,1-5H3/t15-,17?/m1/s1. The first-order valence-electron chi connectivity index (χ1n) is 8.40. The van der Waals surface area contributed by atoms with Gasteiger partial charge >= 0.3 is 0 Å². The van der Waals surface area contributed by atoms with Crippen LogP contribution < -0.4 is 0 Å². The predicted molar refractivity (Wildman–Crippen MR) is 84.7 cm³/mol. The van der Waals surface area contributed by atoms with E-state index >= 15 is 0 Å². The maximum absolute atomic E-state index is 11.0. The van der Waals surface area contributed by atoms with E-state index in [1.165, 1.54) is 12.8 Å². The van der Waals surface area contributed by atoms with Crippen molar-refractivity contribution in [1.82, 2.24) is 0 Å². The molecule has 0 heterocycles. The van der Waals surface area contributed by atoms with Crippen LogP contribution in [0.25, 0.3) is 0 Å². The second kappa shape index (κ2) is 6.60. The fraction of sp³-hybridized carbons (Fsp3) is 0.944. The summed E-state index contributed by atoms with van der Waals surface area (Å²) in [5, 5.41) is 10.4. The number of rotatable bonds is 8. The third-order valence-corrected chi connectivity index (χ3v) is 6.67. The van der Waals surface area contributed by atoms with Gasteiger partial charge in [-0.25, -0.2) is 0 Å². The molecule has 1 rings (SSSR count). The van der Waals surface area contributed by atoms with Gasteiger partial charge in [0.1, 0.15) is 6.29 Å². The number of aldehydes is 1. The lowest BCUT2D eigenvalue weighted by Crippen LogP contribution is -2.35. The zero-order valence-corrected chi connectivity index (χ0v) is 14.2. The summed E-state index contributed by atoms with van der Waals surface area (Å²) in [4.78, 5) is 11.0. The second-order valence-corrected chi connectivity index (χ2v) is 7.71. The van der Waals surface area contributed by atoms with E-state index in [9.17, 15) is 9.90 Å². The van der Waals surface area contributed by atoms with Crippen LogP contribution in [0, 0.1) is 16.7 Å². The van der Waals surface area contributed by atoms with Gasteiger partial charge in [0.25, 0.3) is 0 Å². The van der Waals surface area contributed by atoms with Gasteiger partial charge in [0.15, 0.2) is 0 Å². The minimum absolute atomic E-state index is 0.158. The Hall–Kier alpha value is -0.370. The lowest BCUT2D eigenvalue weighted by Gasteiger charge is -2.41. The van der Waals surface area contributed by atoms with E-state index in [2.05, 4.69) is 34.6 Å². The van der Waals surface area contributed by atoms with Crippen molar-refractivity contribution in [2.24, 2.45) is 16.7 Å². The van der Waals surface area contributed by atoms with Crippen LogP contribution in [0.3, 0.4) is 0 Å². The summed E-state index contributed by atoms with van der Waals surface area (Å²) in [6, 6.07) is 0. The zero-order chi connectivity index (χ0) is 15.4. The zero-order valence-electron chi connectivity index (χ0n) is 14.2. The van der Waals surface area contributed by atoms with Gasteiger partial charge in [0.05, 0.1) is 5.60 Å². The Morgan fingerprint density at radius 2 is 1.85 bits per heavy atom. The third-order valence-electron chi connectivity index (χ3n) is 6.67. The van der Waals surface area contributed by atoms with Gasteiger partial charge in [-0.15, -0.1) is 0 Å². The molecule has 2 nitrogen and oxygen atoms in total. The molecule has 1 saturated carbocycles. The fourth-order valence-electron chi connectivity index (χ4n) is 4.00. The topological polar surface area (TPSA) is 37.3 Å². The number of aliphatic hydroxyl groups is 1. The summed E-state index contributed by atoms with van der Waals surface area (Å²) in [6.07, 6.45) is 9.07. The van der Waals surface area contributed by atoms with Crippen molar-refractivity contribution in [1.29, 1.82) is 0 Å². The van der Waals surface area contributed by atoms with Crippen LogP contribution in [0.4, 0.5) is 0 Å². The second-order valence-electron chi connectivity index (χ2n) is 7.71. The highest BCUT2D eigenvalue weighted by molar-refractivity contribution is 5.51. The molecule has 2 atom stereocenters. The van der Waals surface area contributed by atoms with Gasteiger partial charge in [0, 0.05) is 6.42 Å². The monoisotopic (exact) mass is 282 g/mol. The Balaban J connectivity index is 2.56. The normalized spacial score (nSPS) is 29.6. The van der Waals surface area contributed by atoms with E-state index in [1.54, 1.807) is 0 Å². The molecule has 0 saturated heterocycles. The smallest absolute Gasteiger partial charge is 0.120 e. The van der Waals surface area contributed by atoms with Gasteiger partial charge in [-0.2, -0.15) is 0 Å². The maximum atomic E-state index is 11.0. The molecule has 1 aliphatic carbocycles. The fourth-order valence-corrected chi connectivity index (χ4v) is 4.00. The van der Waals surface area contributed by atoms with Crippen molar-refractivity contribution in [3.05, 3.63) is 0 Å². The minimum atomic E-state index is -0.463. The van der Waals surface area contributed by atoms with Crippen LogP contribution in [0.5, 0.6) is 0 Å². The van der Waals surface area contributed by atoms with E-state index in [4.69, 9.17) is 0 Å². The molecule has 1 N–H and O–H groups in total. The molecule has 0 amide bonds. The molecule has 1 aliphatic rings. The van der Waals surface area contributed by atoms with Crippen LogP contribution in [0.1, 0.15) is 86.0 Å². The van der Waals surface area contributed by atoms with Crippen LogP contribution in [-0.2, 0) is 4.79 Å². The molecule has 0 aromatic carbocycles. The molecule has 0 aromatic heterocycles. The van der Waals surface area contributed by atoms with E-state index in [0.29, 0.717) is 12.3 Å². The number of hydrogen-bond acceptors (Lipinski definition) is 2. The maximum Gasteiger partial charge on any atom is 0.120 e. The summed E-state index contributed by atoms with van der Waals surface area (Å²) in [5.74, 6) is 0.686. The van der Waals surface area contributed by atoms with Crippen molar-refractivity contribution >= 4 is 6.29 Å². The Bertz CT molecular complexity index is 317. The molecule has 0 radical (unpaired) electrons. The minimum Gasteiger partial charge on any atom is -0.390 e. The molecule has 118 valence electrons. The van der Waals surface area contributed by atoms with E-state index in [-0.39, 0.29) is 10.8 Å². The van der Waals surface area contributed by atoms with E-state index < -0.39 is 5.60 Å². The van der Waals surface area contributed by atoms with Crippen LogP contribution in [0.15, 0.2) is 0 Å². The van der Waals surface area contributed by atoms with Gasteiger partial charge in [-0.05, 0) is 55.3 Å². The van der Waals surface area contributed by atoms with Gasteiger partial charge in [-0.3, -0.25) is 0 Å². The third kappa shape index (κ3) is 3.44. The molecule has 1 unspecified atom stereocenters. The van der Waals surface area contributed by atoms with Crippen molar-refractivity contribution < 1.29 is 9.90 Å². The summed E-state index contributed by atoms with van der Waals surface area (Å²) < 4.78 is 0. The highest BCUT2D eigenvalue weighted by atomic mass is 16.3. The Labute approximate surface area is 125 Å². The van der Waals surface area contributed by atoms with Crippen LogP contribution in [0.2, 0.25) is 0 Å². The molecular weight excluding hydrogens is 248 g/mol. The van der Waals surface area contributed by atoms with E-state index in [0.717, 1.165) is 38.4 Å². The van der Waals surface area contributed by atoms with Crippen LogP contribution >= 0.6 is 0 Å². The number of carbonyl (C=O) groups is 1. The summed E-state index contributed by atoms with van der Waals surface area (Å²) in [6.45, 7) is 11.1. The van der Waals surface area contributed by atoms with Gasteiger partial charge < -0.3 is 9.90 Å². The van der Waals surface area contributed by atoms with Crippen LogP contribution in [-0.4, -0.2) is 17.0 Å². The lowest BCUT2D eigenvalue weighted by molar-refractivity contribution is -0.111. The van der Waals surface area contributed by atoms with Crippen molar-refractivity contribution in [3.63, 3.8) is 0 Å². The lowest BCUT2D eigenvalue weighted by atomic mass is 9.63. The summed E-state index contributed by atoms with van der Waals surface area (Å²) >= 11 is 0. The molecule has 0 spiro atoms. The number of hydrogen-bond donors (Lipinski definition) is 1. The van der Waals surface area contributed by atoms with Gasteiger partial charge in [-0.1, -0.05) is 41.0 Å². The number of carbonyl (C=O) groups excluding carboxylic acids is 1. The highest BCUT2D eigenvalue weighted by Crippen LogP contribution is 2.58. The Morgan fingerprint density at radius 3 is 2.35 bits per heavy atom. The quantitative estimate of drug-likeness (QED) is 0.653. The Kier molecular flexibility index (Phi) is 5.83. The van der Waals surface area contributed by atoms with Crippen molar-refractivity contribution in [3.8, 4) is 0 Å². The molecule has 0 bridgehead atoms. The molecule has 2 heteroatoms. The molecule has 20 heavy (non-hydrogen) atoms. The first-order chi connectivity index (χ1) is 9.24. The average Bonchev–Trinajstić information content (AvgIpc) is 2.62. The Morgan fingerprint density at radius 1 is 1.25 bits per heavy atom. The first-order valence-corrected chi connectivity index (χ1v) is 8.40. The molecular formula is C18H34O2. The van der Waals surface area contributed by atoms with Gasteiger partial charge in [0.2, 0.25) is 0 Å². The van der Waals surface area contributed by atoms with Crippen molar-refractivity contribution in [2.75, 3.05) is 0 Å².